The number of carbonyl (C=O) groups is 1. The van der Waals surface area contributed by atoms with Gasteiger partial charge in [-0.15, -0.1) is 0 Å². The van der Waals surface area contributed by atoms with E-state index in [-0.39, 0.29) is 5.91 Å². The van der Waals surface area contributed by atoms with Crippen molar-refractivity contribution in [1.29, 1.82) is 0 Å². The molecule has 0 aliphatic carbocycles. The second-order valence-electron chi connectivity index (χ2n) is 5.05. The molecule has 0 aromatic carbocycles. The molecule has 19 heavy (non-hydrogen) atoms. The summed E-state index contributed by atoms with van der Waals surface area (Å²) in [6.45, 7) is 4.54. The predicted molar refractivity (Wildman–Crippen MR) is 76.3 cm³/mol. The molecule has 5 nitrogen and oxygen atoms in total. The van der Waals surface area contributed by atoms with Gasteiger partial charge in [0.05, 0.1) is 5.56 Å². The lowest BCUT2D eigenvalue weighted by atomic mass is 10.1. The maximum Gasteiger partial charge on any atom is 0.255 e. The summed E-state index contributed by atoms with van der Waals surface area (Å²) in [7, 11) is 1.79. The largest absolute Gasteiger partial charge is 0.357 e. The van der Waals surface area contributed by atoms with Gasteiger partial charge in [0.1, 0.15) is 5.82 Å². The van der Waals surface area contributed by atoms with Crippen molar-refractivity contribution in [3.63, 3.8) is 0 Å². The van der Waals surface area contributed by atoms with Crippen LogP contribution in [0.25, 0.3) is 0 Å². The quantitative estimate of drug-likeness (QED) is 0.886. The fourth-order valence-corrected chi connectivity index (χ4v) is 2.19. The minimum Gasteiger partial charge on any atom is -0.357 e. The fourth-order valence-electron chi connectivity index (χ4n) is 2.19. The molecule has 1 aliphatic heterocycles. The first kappa shape index (κ1) is 13.8. The van der Waals surface area contributed by atoms with Crippen LogP contribution in [0.1, 0.15) is 30.1 Å². The third-order valence-electron chi connectivity index (χ3n) is 3.68. The Morgan fingerprint density at radius 3 is 2.68 bits per heavy atom. The average Bonchev–Trinajstić information content (AvgIpc) is 2.46. The molecule has 2 N–H and O–H groups in total. The molecular weight excluding hydrogens is 240 g/mol. The highest BCUT2D eigenvalue weighted by Gasteiger charge is 2.18. The van der Waals surface area contributed by atoms with Crippen LogP contribution in [0.2, 0.25) is 0 Å². The van der Waals surface area contributed by atoms with Crippen molar-refractivity contribution >= 4 is 11.7 Å². The first-order valence-electron chi connectivity index (χ1n) is 6.84. The number of nitrogens with zero attached hydrogens (tertiary/aromatic N) is 3. The van der Waals surface area contributed by atoms with Gasteiger partial charge in [-0.1, -0.05) is 0 Å². The molecule has 0 bridgehead atoms. The third-order valence-corrected chi connectivity index (χ3v) is 3.68. The van der Waals surface area contributed by atoms with Crippen LogP contribution in [0, 0.1) is 0 Å². The Hall–Kier alpha value is -1.62. The summed E-state index contributed by atoms with van der Waals surface area (Å²) < 4.78 is 0. The van der Waals surface area contributed by atoms with Gasteiger partial charge in [0.2, 0.25) is 0 Å². The SMILES string of the molecule is CCN(C)C(=O)c1ccc(N2CCC(N)CC2)nc1. The molecule has 2 heterocycles. The summed E-state index contributed by atoms with van der Waals surface area (Å²) in [5.41, 5.74) is 6.53. The number of pyridine rings is 1. The number of anilines is 1. The smallest absolute Gasteiger partial charge is 0.255 e. The summed E-state index contributed by atoms with van der Waals surface area (Å²) in [6, 6.07) is 4.09. The summed E-state index contributed by atoms with van der Waals surface area (Å²) in [4.78, 5) is 20.3. The van der Waals surface area contributed by atoms with Crippen molar-refractivity contribution < 1.29 is 4.79 Å². The van der Waals surface area contributed by atoms with Gasteiger partial charge in [0.15, 0.2) is 0 Å². The van der Waals surface area contributed by atoms with Crippen LogP contribution < -0.4 is 10.6 Å². The first-order chi connectivity index (χ1) is 9.11. The Bertz CT molecular complexity index is 424. The van der Waals surface area contributed by atoms with E-state index in [4.69, 9.17) is 5.73 Å². The van der Waals surface area contributed by atoms with Gasteiger partial charge in [-0.25, -0.2) is 4.98 Å². The Labute approximate surface area is 114 Å². The number of piperidine rings is 1. The van der Waals surface area contributed by atoms with Crippen LogP contribution in [-0.2, 0) is 0 Å². The molecule has 5 heteroatoms. The molecule has 1 aromatic heterocycles. The lowest BCUT2D eigenvalue weighted by Crippen LogP contribution is -2.40. The van der Waals surface area contributed by atoms with E-state index >= 15 is 0 Å². The van der Waals surface area contributed by atoms with Crippen LogP contribution in [0.4, 0.5) is 5.82 Å². The van der Waals surface area contributed by atoms with Gasteiger partial charge in [-0.05, 0) is 31.9 Å². The number of rotatable bonds is 3. The van der Waals surface area contributed by atoms with Crippen LogP contribution >= 0.6 is 0 Å². The van der Waals surface area contributed by atoms with Crippen molar-refractivity contribution in [2.75, 3.05) is 31.6 Å². The van der Waals surface area contributed by atoms with Crippen molar-refractivity contribution in [2.24, 2.45) is 5.73 Å². The van der Waals surface area contributed by atoms with E-state index in [0.717, 1.165) is 31.7 Å². The highest BCUT2D eigenvalue weighted by atomic mass is 16.2. The van der Waals surface area contributed by atoms with E-state index in [1.807, 2.05) is 19.1 Å². The third kappa shape index (κ3) is 3.23. The molecule has 1 fully saturated rings. The summed E-state index contributed by atoms with van der Waals surface area (Å²) in [5, 5.41) is 0. The monoisotopic (exact) mass is 262 g/mol. The molecule has 0 unspecified atom stereocenters. The van der Waals surface area contributed by atoms with E-state index < -0.39 is 0 Å². The Balaban J connectivity index is 2.04. The number of hydrogen-bond donors (Lipinski definition) is 1. The average molecular weight is 262 g/mol. The van der Waals surface area contributed by atoms with E-state index in [9.17, 15) is 4.79 Å². The summed E-state index contributed by atoms with van der Waals surface area (Å²) >= 11 is 0. The summed E-state index contributed by atoms with van der Waals surface area (Å²) in [6.07, 6.45) is 3.67. The van der Waals surface area contributed by atoms with Gasteiger partial charge in [0, 0.05) is 38.9 Å². The fraction of sp³-hybridized carbons (Fsp3) is 0.571. The molecule has 1 aliphatic rings. The molecule has 2 rings (SSSR count). The molecular formula is C14H22N4O. The van der Waals surface area contributed by atoms with Crippen LogP contribution in [0.5, 0.6) is 0 Å². The topological polar surface area (TPSA) is 62.5 Å². The maximum absolute atomic E-state index is 12.0. The van der Waals surface area contributed by atoms with Crippen LogP contribution in [0.3, 0.4) is 0 Å². The molecule has 104 valence electrons. The molecule has 1 aromatic rings. The zero-order valence-corrected chi connectivity index (χ0v) is 11.7. The van der Waals surface area contributed by atoms with Crippen molar-refractivity contribution in [3.05, 3.63) is 23.9 Å². The van der Waals surface area contributed by atoms with Gasteiger partial charge < -0.3 is 15.5 Å². The molecule has 0 spiro atoms. The lowest BCUT2D eigenvalue weighted by Gasteiger charge is -2.31. The highest BCUT2D eigenvalue weighted by molar-refractivity contribution is 5.93. The van der Waals surface area contributed by atoms with Crippen LogP contribution in [0.15, 0.2) is 18.3 Å². The predicted octanol–water partition coefficient (Wildman–Crippen LogP) is 1.10. The Morgan fingerprint density at radius 2 is 2.16 bits per heavy atom. The van der Waals surface area contributed by atoms with Gasteiger partial charge >= 0.3 is 0 Å². The zero-order valence-electron chi connectivity index (χ0n) is 11.7. The van der Waals surface area contributed by atoms with Crippen molar-refractivity contribution in [2.45, 2.75) is 25.8 Å². The number of carbonyl (C=O) groups excluding carboxylic acids is 1. The minimum atomic E-state index is 0.0159. The van der Waals surface area contributed by atoms with E-state index in [1.54, 1.807) is 18.1 Å². The number of nitrogens with two attached hydrogens (primary N) is 1. The minimum absolute atomic E-state index is 0.0159. The number of hydrogen-bond acceptors (Lipinski definition) is 4. The number of aromatic nitrogens is 1. The normalized spacial score (nSPS) is 16.5. The zero-order chi connectivity index (χ0) is 13.8. The Morgan fingerprint density at radius 1 is 1.47 bits per heavy atom. The molecule has 1 saturated heterocycles. The van der Waals surface area contributed by atoms with Crippen molar-refractivity contribution in [1.82, 2.24) is 9.88 Å². The van der Waals surface area contributed by atoms with E-state index in [1.165, 1.54) is 0 Å². The van der Waals surface area contributed by atoms with Crippen LogP contribution in [-0.4, -0.2) is 48.5 Å². The first-order valence-corrected chi connectivity index (χ1v) is 6.84. The van der Waals surface area contributed by atoms with Gasteiger partial charge in [-0.2, -0.15) is 0 Å². The molecule has 0 atom stereocenters. The summed E-state index contributed by atoms with van der Waals surface area (Å²) in [5.74, 6) is 0.949. The standard InChI is InChI=1S/C14H22N4O/c1-3-17(2)14(19)11-4-5-13(16-10-11)18-8-6-12(15)7-9-18/h4-5,10,12H,3,6-9,15H2,1-2H3. The Kier molecular flexibility index (Phi) is 4.37. The van der Waals surface area contributed by atoms with Gasteiger partial charge in [0.25, 0.3) is 5.91 Å². The van der Waals surface area contributed by atoms with E-state index in [2.05, 4.69) is 9.88 Å². The second-order valence-corrected chi connectivity index (χ2v) is 5.05. The molecule has 0 radical (unpaired) electrons. The van der Waals surface area contributed by atoms with Crippen molar-refractivity contribution in [3.8, 4) is 0 Å². The lowest BCUT2D eigenvalue weighted by molar-refractivity contribution is 0.0802. The highest BCUT2D eigenvalue weighted by Crippen LogP contribution is 2.17. The number of amides is 1. The van der Waals surface area contributed by atoms with Gasteiger partial charge in [-0.3, -0.25) is 4.79 Å². The molecule has 1 amide bonds. The maximum atomic E-state index is 12.0. The van der Waals surface area contributed by atoms with E-state index in [0.29, 0.717) is 18.2 Å². The molecule has 0 saturated carbocycles. The second kappa shape index (κ2) is 6.02.